The maximum absolute atomic E-state index is 13.2. The molecule has 1 aliphatic carbocycles. The van der Waals surface area contributed by atoms with Gasteiger partial charge in [-0.3, -0.25) is 0 Å². The minimum atomic E-state index is -1.38. The predicted molar refractivity (Wildman–Crippen MR) is 122 cm³/mol. The van der Waals surface area contributed by atoms with Crippen LogP contribution in [0.4, 0.5) is 4.39 Å². The van der Waals surface area contributed by atoms with Crippen LogP contribution in [0.5, 0.6) is 0 Å². The van der Waals surface area contributed by atoms with Gasteiger partial charge in [0.2, 0.25) is 0 Å². The summed E-state index contributed by atoms with van der Waals surface area (Å²) >= 11 is 1.66. The molecule has 2 unspecified atom stereocenters. The number of ether oxygens (including phenoxy) is 1. The Morgan fingerprint density at radius 2 is 1.72 bits per heavy atom. The van der Waals surface area contributed by atoms with Gasteiger partial charge in [0, 0.05) is 22.1 Å². The molecule has 2 aromatic rings. The van der Waals surface area contributed by atoms with Crippen molar-refractivity contribution < 1.29 is 29.6 Å². The normalized spacial score (nSPS) is 33.0. The van der Waals surface area contributed by atoms with Crippen molar-refractivity contribution in [3.8, 4) is 10.4 Å². The molecule has 1 saturated heterocycles. The predicted octanol–water partition coefficient (Wildman–Crippen LogP) is 3.08. The molecule has 0 spiro atoms. The Kier molecular flexibility index (Phi) is 6.95. The molecule has 0 radical (unpaired) electrons. The standard InChI is InChI=1S/C25H29FO5S/c1-13-3-9-18(25-24(30)23(29)22(28)20(12-27)31-25)14(2)19(13)11-17-8-10-21(32-17)15-4-6-16(26)7-5-15/h3-10,14,18,20,22-25,27-30H,11-12H2,1-2H3/t14?,18?,20-,22-,23+,24-,25+/m1/s1. The van der Waals surface area contributed by atoms with Gasteiger partial charge in [0.1, 0.15) is 30.2 Å². The Labute approximate surface area is 191 Å². The Morgan fingerprint density at radius 3 is 2.41 bits per heavy atom. The molecule has 7 atom stereocenters. The minimum absolute atomic E-state index is 0.0257. The fourth-order valence-corrected chi connectivity index (χ4v) is 5.73. The molecule has 7 heteroatoms. The summed E-state index contributed by atoms with van der Waals surface area (Å²) in [7, 11) is 0. The van der Waals surface area contributed by atoms with E-state index in [0.717, 1.165) is 22.4 Å². The third kappa shape index (κ3) is 4.46. The molecule has 4 N–H and O–H groups in total. The second-order valence-corrected chi connectivity index (χ2v) is 9.84. The van der Waals surface area contributed by atoms with Crippen LogP contribution >= 0.6 is 11.3 Å². The van der Waals surface area contributed by atoms with Crippen molar-refractivity contribution in [2.45, 2.75) is 50.8 Å². The number of aliphatic hydroxyl groups is 4. The van der Waals surface area contributed by atoms with E-state index < -0.39 is 37.1 Å². The molecule has 1 aliphatic heterocycles. The molecule has 2 aliphatic rings. The number of thiophene rings is 1. The molecular weight excluding hydrogens is 431 g/mol. The summed E-state index contributed by atoms with van der Waals surface area (Å²) in [5, 5.41) is 40.4. The van der Waals surface area contributed by atoms with Crippen LogP contribution in [0.25, 0.3) is 10.4 Å². The van der Waals surface area contributed by atoms with Crippen LogP contribution in [-0.2, 0) is 11.2 Å². The zero-order chi connectivity index (χ0) is 23.0. The van der Waals surface area contributed by atoms with Crippen LogP contribution in [0, 0.1) is 17.7 Å². The number of halogens is 1. The van der Waals surface area contributed by atoms with E-state index in [4.69, 9.17) is 4.74 Å². The summed E-state index contributed by atoms with van der Waals surface area (Å²) in [5.41, 5.74) is 3.33. The van der Waals surface area contributed by atoms with Crippen molar-refractivity contribution in [2.75, 3.05) is 6.61 Å². The molecule has 32 heavy (non-hydrogen) atoms. The van der Waals surface area contributed by atoms with Crippen LogP contribution in [0.15, 0.2) is 59.7 Å². The second-order valence-electron chi connectivity index (χ2n) is 8.68. The van der Waals surface area contributed by atoms with Crippen LogP contribution in [0.2, 0.25) is 0 Å². The topological polar surface area (TPSA) is 90.2 Å². The number of rotatable bonds is 5. The quantitative estimate of drug-likeness (QED) is 0.551. The zero-order valence-corrected chi connectivity index (χ0v) is 18.9. The van der Waals surface area contributed by atoms with Gasteiger partial charge in [0.15, 0.2) is 0 Å². The van der Waals surface area contributed by atoms with Gasteiger partial charge in [0.05, 0.1) is 12.7 Å². The highest BCUT2D eigenvalue weighted by Gasteiger charge is 2.47. The van der Waals surface area contributed by atoms with E-state index in [9.17, 15) is 24.8 Å². The van der Waals surface area contributed by atoms with Crippen LogP contribution < -0.4 is 0 Å². The maximum atomic E-state index is 13.2. The average molecular weight is 461 g/mol. The highest BCUT2D eigenvalue weighted by molar-refractivity contribution is 7.15. The van der Waals surface area contributed by atoms with Crippen molar-refractivity contribution in [1.29, 1.82) is 0 Å². The second kappa shape index (κ2) is 9.55. The van der Waals surface area contributed by atoms with E-state index in [2.05, 4.69) is 19.9 Å². The first kappa shape index (κ1) is 23.3. The SMILES string of the molecule is CC1=C(Cc2ccc(-c3ccc(F)cc3)s2)C(C)C([C@@H]2O[C@H](CO)[C@@H](O)[C@H](O)[C@H]2O)C=C1. The number of allylic oxidation sites excluding steroid dienone is 3. The van der Waals surface area contributed by atoms with E-state index in [1.54, 1.807) is 23.5 Å². The van der Waals surface area contributed by atoms with E-state index in [1.165, 1.54) is 22.6 Å². The third-order valence-corrected chi connectivity index (χ3v) is 7.80. The van der Waals surface area contributed by atoms with E-state index in [0.29, 0.717) is 0 Å². The maximum Gasteiger partial charge on any atom is 0.123 e. The fraction of sp³-hybridized carbons (Fsp3) is 0.440. The first-order valence-corrected chi connectivity index (χ1v) is 11.6. The molecule has 0 saturated carbocycles. The summed E-state index contributed by atoms with van der Waals surface area (Å²) in [6.45, 7) is 3.69. The molecule has 5 nitrogen and oxygen atoms in total. The third-order valence-electron chi connectivity index (χ3n) is 6.67. The summed E-state index contributed by atoms with van der Waals surface area (Å²) in [5.74, 6) is -0.442. The Bertz CT molecular complexity index is 996. The van der Waals surface area contributed by atoms with Gasteiger partial charge in [-0.1, -0.05) is 42.4 Å². The van der Waals surface area contributed by atoms with Gasteiger partial charge < -0.3 is 25.2 Å². The molecule has 1 aromatic heterocycles. The largest absolute Gasteiger partial charge is 0.394 e. The number of aliphatic hydroxyl groups excluding tert-OH is 4. The van der Waals surface area contributed by atoms with Crippen LogP contribution in [-0.4, -0.2) is 57.6 Å². The van der Waals surface area contributed by atoms with Crippen molar-refractivity contribution >= 4 is 11.3 Å². The number of benzene rings is 1. The minimum Gasteiger partial charge on any atom is -0.394 e. The van der Waals surface area contributed by atoms with Crippen molar-refractivity contribution in [3.05, 3.63) is 70.4 Å². The highest BCUT2D eigenvalue weighted by atomic mass is 32.1. The van der Waals surface area contributed by atoms with Gasteiger partial charge in [-0.05, 0) is 42.7 Å². The number of hydrogen-bond acceptors (Lipinski definition) is 6. The van der Waals surface area contributed by atoms with Gasteiger partial charge in [0.25, 0.3) is 0 Å². The van der Waals surface area contributed by atoms with E-state index in [1.807, 2.05) is 18.2 Å². The smallest absolute Gasteiger partial charge is 0.123 e. The molecular formula is C25H29FO5S. The van der Waals surface area contributed by atoms with E-state index in [-0.39, 0.29) is 17.7 Å². The Hall–Kier alpha value is -1.87. The Morgan fingerprint density at radius 1 is 1.00 bits per heavy atom. The van der Waals surface area contributed by atoms with Crippen molar-refractivity contribution in [3.63, 3.8) is 0 Å². The van der Waals surface area contributed by atoms with Gasteiger partial charge in [-0.2, -0.15) is 0 Å². The summed E-state index contributed by atoms with van der Waals surface area (Å²) < 4.78 is 19.1. The lowest BCUT2D eigenvalue weighted by Gasteiger charge is -2.45. The number of hydrogen-bond donors (Lipinski definition) is 4. The average Bonchev–Trinajstić information content (AvgIpc) is 3.25. The molecule has 4 rings (SSSR count). The molecule has 0 bridgehead atoms. The lowest BCUT2D eigenvalue weighted by Crippen LogP contribution is -2.60. The van der Waals surface area contributed by atoms with E-state index >= 15 is 0 Å². The summed E-state index contributed by atoms with van der Waals surface area (Å²) in [4.78, 5) is 2.25. The zero-order valence-electron chi connectivity index (χ0n) is 18.1. The van der Waals surface area contributed by atoms with Gasteiger partial charge >= 0.3 is 0 Å². The molecule has 2 heterocycles. The fourth-order valence-electron chi connectivity index (χ4n) is 4.69. The summed E-state index contributed by atoms with van der Waals surface area (Å²) in [6.07, 6.45) is -0.916. The van der Waals surface area contributed by atoms with Crippen molar-refractivity contribution in [1.82, 2.24) is 0 Å². The van der Waals surface area contributed by atoms with Crippen LogP contribution in [0.1, 0.15) is 18.7 Å². The van der Waals surface area contributed by atoms with Gasteiger partial charge in [-0.15, -0.1) is 11.3 Å². The van der Waals surface area contributed by atoms with Gasteiger partial charge in [-0.25, -0.2) is 4.39 Å². The summed E-state index contributed by atoms with van der Waals surface area (Å²) in [6, 6.07) is 10.6. The lowest BCUT2D eigenvalue weighted by atomic mass is 9.73. The monoisotopic (exact) mass is 460 g/mol. The molecule has 1 aromatic carbocycles. The molecule has 1 fully saturated rings. The van der Waals surface area contributed by atoms with Crippen molar-refractivity contribution in [2.24, 2.45) is 11.8 Å². The first-order chi connectivity index (χ1) is 15.3. The lowest BCUT2D eigenvalue weighted by molar-refractivity contribution is -0.239. The molecule has 0 amide bonds. The first-order valence-electron chi connectivity index (χ1n) is 10.8. The van der Waals surface area contributed by atoms with Crippen LogP contribution in [0.3, 0.4) is 0 Å². The Balaban J connectivity index is 1.53. The molecule has 172 valence electrons. The highest BCUT2D eigenvalue weighted by Crippen LogP contribution is 2.40.